The quantitative estimate of drug-likeness (QED) is 0.231. The maximum absolute atomic E-state index is 13.3. The van der Waals surface area contributed by atoms with Crippen LogP contribution in [0.25, 0.3) is 10.8 Å². The summed E-state index contributed by atoms with van der Waals surface area (Å²) < 4.78 is 57.9. The van der Waals surface area contributed by atoms with Crippen molar-refractivity contribution >= 4 is 59.9 Å². The van der Waals surface area contributed by atoms with Gasteiger partial charge in [0.2, 0.25) is 0 Å². The number of thioether (sulfide) groups is 1. The van der Waals surface area contributed by atoms with E-state index < -0.39 is 20.0 Å². The summed E-state index contributed by atoms with van der Waals surface area (Å²) >= 11 is 1.40. The molecule has 0 spiro atoms. The third-order valence-corrected chi connectivity index (χ3v) is 10.6. The van der Waals surface area contributed by atoms with Gasteiger partial charge >= 0.3 is 0 Å². The van der Waals surface area contributed by atoms with Crippen LogP contribution >= 0.6 is 11.8 Å². The van der Waals surface area contributed by atoms with Gasteiger partial charge in [0.1, 0.15) is 0 Å². The van der Waals surface area contributed by atoms with Crippen LogP contribution < -0.4 is 9.44 Å². The average molecular weight is 610 g/mol. The second-order valence-corrected chi connectivity index (χ2v) is 14.0. The number of hydrogen-bond donors (Lipinski definition) is 2. The van der Waals surface area contributed by atoms with Gasteiger partial charge in [-0.2, -0.15) is 0 Å². The van der Waals surface area contributed by atoms with Crippen LogP contribution in [0.5, 0.6) is 0 Å². The fourth-order valence-electron chi connectivity index (χ4n) is 4.90. The molecule has 0 radical (unpaired) electrons. The Morgan fingerprint density at radius 2 is 1.37 bits per heavy atom. The van der Waals surface area contributed by atoms with Gasteiger partial charge in [-0.05, 0) is 73.0 Å². The number of rotatable bonds is 8. The molecule has 1 heterocycles. The molecule has 4 aromatic carbocycles. The van der Waals surface area contributed by atoms with Crippen molar-refractivity contribution in [1.82, 2.24) is 4.90 Å². The van der Waals surface area contributed by atoms with E-state index >= 15 is 0 Å². The number of hydrogen-bond acceptors (Lipinski definition) is 6. The van der Waals surface area contributed by atoms with Gasteiger partial charge in [0.25, 0.3) is 26.0 Å². The van der Waals surface area contributed by atoms with Gasteiger partial charge in [-0.3, -0.25) is 14.2 Å². The molecule has 1 aliphatic rings. The van der Waals surface area contributed by atoms with Crippen LogP contribution in [0.15, 0.2) is 99.6 Å². The number of carbonyl (C=O) groups is 1. The maximum Gasteiger partial charge on any atom is 0.261 e. The zero-order valence-electron chi connectivity index (χ0n) is 22.5. The van der Waals surface area contributed by atoms with E-state index in [1.54, 1.807) is 23.1 Å². The zero-order valence-corrected chi connectivity index (χ0v) is 25.0. The molecule has 2 N–H and O–H groups in total. The summed E-state index contributed by atoms with van der Waals surface area (Å²) in [6, 6.07) is 22.9. The summed E-state index contributed by atoms with van der Waals surface area (Å²) in [6.07, 6.45) is 5.88. The maximum atomic E-state index is 13.3. The number of anilines is 2. The fourth-order valence-corrected chi connectivity index (χ4v) is 7.63. The highest BCUT2D eigenvalue weighted by atomic mass is 32.2. The van der Waals surface area contributed by atoms with Crippen LogP contribution in [-0.2, 0) is 20.0 Å². The molecule has 0 aromatic heterocycles. The number of nitrogens with one attached hydrogen (secondary N) is 2. The lowest BCUT2D eigenvalue weighted by Gasteiger charge is -2.22. The van der Waals surface area contributed by atoms with E-state index in [9.17, 15) is 21.6 Å². The van der Waals surface area contributed by atoms with Crippen LogP contribution in [-0.4, -0.2) is 47.0 Å². The van der Waals surface area contributed by atoms with Crippen molar-refractivity contribution in [1.29, 1.82) is 0 Å². The van der Waals surface area contributed by atoms with Gasteiger partial charge < -0.3 is 4.90 Å². The van der Waals surface area contributed by atoms with Crippen LogP contribution in [0.4, 0.5) is 11.4 Å². The number of nitrogens with zero attached hydrogens (tertiary/aromatic N) is 1. The Kier molecular flexibility index (Phi) is 8.58. The first-order valence-corrected chi connectivity index (χ1v) is 17.5. The Labute approximate surface area is 245 Å². The smallest absolute Gasteiger partial charge is 0.261 e. The Morgan fingerprint density at radius 1 is 0.732 bits per heavy atom. The van der Waals surface area contributed by atoms with Gasteiger partial charge in [0.15, 0.2) is 0 Å². The normalized spacial score (nSPS) is 14.4. The number of likely N-dealkylation sites (tertiary alicyclic amines) is 1. The van der Waals surface area contributed by atoms with Gasteiger partial charge in [0.05, 0.1) is 21.0 Å². The number of carbonyl (C=O) groups excluding carboxylic acids is 1. The fraction of sp³-hybridized carbons (Fsp3) is 0.233. The first-order chi connectivity index (χ1) is 19.7. The molecule has 1 fully saturated rings. The predicted molar refractivity (Wildman–Crippen MR) is 165 cm³/mol. The Bertz CT molecular complexity index is 1780. The van der Waals surface area contributed by atoms with Crippen LogP contribution in [0.2, 0.25) is 0 Å². The first kappa shape index (κ1) is 29.0. The Hall–Kier alpha value is -3.54. The van der Waals surface area contributed by atoms with E-state index in [0.717, 1.165) is 36.5 Å². The molecule has 8 nitrogen and oxygen atoms in total. The monoisotopic (exact) mass is 609 g/mol. The second kappa shape index (κ2) is 12.1. The van der Waals surface area contributed by atoms with Gasteiger partial charge in [-0.25, -0.2) is 16.8 Å². The average Bonchev–Trinajstić information content (AvgIpc) is 3.26. The van der Waals surface area contributed by atoms with Gasteiger partial charge in [0, 0.05) is 29.1 Å². The minimum Gasteiger partial charge on any atom is -0.339 e. The standard InChI is InChI=1S/C30H31N3O5S3/c1-39-29-18-17-25(21-27(29)30(34)33-19-6-2-3-7-20-33)41(37,38)31-23-13-15-24(16-14-23)40(35,36)32-28-12-8-10-22-9-4-5-11-26(22)28/h4-5,8-18,21,31-32H,2-3,6-7,19-20H2,1H3. The zero-order chi connectivity index (χ0) is 29.0. The molecule has 11 heteroatoms. The van der Waals surface area contributed by atoms with Gasteiger partial charge in [-0.15, -0.1) is 11.8 Å². The largest absolute Gasteiger partial charge is 0.339 e. The Balaban J connectivity index is 1.35. The highest BCUT2D eigenvalue weighted by molar-refractivity contribution is 7.98. The molecule has 41 heavy (non-hydrogen) atoms. The third-order valence-electron chi connectivity index (χ3n) is 7.06. The van der Waals surface area contributed by atoms with E-state index in [4.69, 9.17) is 0 Å². The lowest BCUT2D eigenvalue weighted by Crippen LogP contribution is -2.32. The molecule has 214 valence electrons. The first-order valence-electron chi connectivity index (χ1n) is 13.3. The molecule has 1 saturated heterocycles. The highest BCUT2D eigenvalue weighted by Gasteiger charge is 2.24. The summed E-state index contributed by atoms with van der Waals surface area (Å²) in [6.45, 7) is 1.32. The number of sulfonamides is 2. The summed E-state index contributed by atoms with van der Waals surface area (Å²) in [4.78, 5) is 15.8. The number of fused-ring (bicyclic) bond motifs is 1. The topological polar surface area (TPSA) is 113 Å². The minimum atomic E-state index is -4.05. The van der Waals surface area contributed by atoms with E-state index in [0.29, 0.717) is 29.2 Å². The SMILES string of the molecule is CSc1ccc(S(=O)(=O)Nc2ccc(S(=O)(=O)Nc3cccc4ccccc34)cc2)cc1C(=O)N1CCCCCC1. The summed E-state index contributed by atoms with van der Waals surface area (Å²) in [5.41, 5.74) is 1.01. The van der Waals surface area contributed by atoms with E-state index in [2.05, 4.69) is 9.44 Å². The van der Waals surface area contributed by atoms with Crippen molar-refractivity contribution in [3.8, 4) is 0 Å². The minimum absolute atomic E-state index is 0.0111. The van der Waals surface area contributed by atoms with Crippen molar-refractivity contribution in [3.63, 3.8) is 0 Å². The molecule has 0 atom stereocenters. The molecule has 1 amide bonds. The third kappa shape index (κ3) is 6.52. The molecule has 4 aromatic rings. The highest BCUT2D eigenvalue weighted by Crippen LogP contribution is 2.29. The van der Waals surface area contributed by atoms with E-state index in [1.807, 2.05) is 36.6 Å². The molecule has 0 unspecified atom stereocenters. The lowest BCUT2D eigenvalue weighted by molar-refractivity contribution is 0.0758. The molecular formula is C30H31N3O5S3. The van der Waals surface area contributed by atoms with Crippen molar-refractivity contribution in [2.75, 3.05) is 28.8 Å². The van der Waals surface area contributed by atoms with Crippen molar-refractivity contribution in [2.45, 2.75) is 40.4 Å². The van der Waals surface area contributed by atoms with Crippen molar-refractivity contribution < 1.29 is 21.6 Å². The molecule has 1 aliphatic heterocycles. The van der Waals surface area contributed by atoms with Crippen LogP contribution in [0.1, 0.15) is 36.0 Å². The molecule has 0 saturated carbocycles. The summed E-state index contributed by atoms with van der Waals surface area (Å²) in [5, 5.41) is 1.67. The summed E-state index contributed by atoms with van der Waals surface area (Å²) in [5.74, 6) is -0.165. The van der Waals surface area contributed by atoms with E-state index in [-0.39, 0.29) is 21.4 Å². The molecular weight excluding hydrogens is 579 g/mol. The summed E-state index contributed by atoms with van der Waals surface area (Å²) in [7, 11) is -7.97. The second-order valence-electron chi connectivity index (χ2n) is 9.83. The number of benzene rings is 4. The number of amides is 1. The van der Waals surface area contributed by atoms with Gasteiger partial charge in [-0.1, -0.05) is 49.2 Å². The van der Waals surface area contributed by atoms with Crippen LogP contribution in [0.3, 0.4) is 0 Å². The Morgan fingerprint density at radius 3 is 2.07 bits per heavy atom. The predicted octanol–water partition coefficient (Wildman–Crippen LogP) is 6.18. The molecule has 0 aliphatic carbocycles. The van der Waals surface area contributed by atoms with E-state index in [1.165, 1.54) is 48.2 Å². The van der Waals surface area contributed by atoms with Crippen molar-refractivity contribution in [3.05, 3.63) is 90.5 Å². The van der Waals surface area contributed by atoms with Crippen LogP contribution in [0, 0.1) is 0 Å². The lowest BCUT2D eigenvalue weighted by atomic mass is 10.1. The molecule has 5 rings (SSSR count). The molecule has 0 bridgehead atoms. The van der Waals surface area contributed by atoms with Crippen molar-refractivity contribution in [2.24, 2.45) is 0 Å².